The van der Waals surface area contributed by atoms with E-state index >= 15 is 0 Å². The van der Waals surface area contributed by atoms with E-state index < -0.39 is 4.92 Å². The van der Waals surface area contributed by atoms with E-state index in [0.29, 0.717) is 10.7 Å². The Morgan fingerprint density at radius 2 is 1.84 bits per heavy atom. The summed E-state index contributed by atoms with van der Waals surface area (Å²) >= 11 is 4.74. The predicted molar refractivity (Wildman–Crippen MR) is 101 cm³/mol. The molecule has 0 unspecified atom stereocenters. The fourth-order valence-corrected chi connectivity index (χ4v) is 3.17. The van der Waals surface area contributed by atoms with Gasteiger partial charge in [0.1, 0.15) is 0 Å². The third-order valence-electron chi connectivity index (χ3n) is 3.40. The van der Waals surface area contributed by atoms with Gasteiger partial charge in [0.15, 0.2) is 5.13 Å². The fraction of sp³-hybridized carbons (Fsp3) is 0.0588. The molecule has 0 bridgehead atoms. The smallest absolute Gasteiger partial charge is 0.269 e. The van der Waals surface area contributed by atoms with Gasteiger partial charge < -0.3 is 5.32 Å². The largest absolute Gasteiger partial charge is 0.302 e. The second-order valence-corrected chi connectivity index (χ2v) is 6.97. The molecule has 3 aromatic rings. The van der Waals surface area contributed by atoms with Crippen molar-refractivity contribution in [1.29, 1.82) is 0 Å². The lowest BCUT2D eigenvalue weighted by Crippen LogP contribution is -2.14. The molecule has 0 aliphatic heterocycles. The van der Waals surface area contributed by atoms with Crippen LogP contribution < -0.4 is 5.32 Å². The van der Waals surface area contributed by atoms with Crippen LogP contribution in [0.4, 0.5) is 10.8 Å². The molecule has 0 fully saturated rings. The van der Waals surface area contributed by atoms with Crippen molar-refractivity contribution in [3.05, 3.63) is 74.1 Å². The summed E-state index contributed by atoms with van der Waals surface area (Å²) < 4.78 is 0.989. The number of nitrogens with one attached hydrogen (secondary N) is 1. The number of carbonyl (C=O) groups excluding carboxylic acids is 1. The first-order valence-electron chi connectivity index (χ1n) is 7.26. The van der Waals surface area contributed by atoms with Gasteiger partial charge in [0, 0.05) is 27.5 Å². The molecule has 0 spiro atoms. The summed E-state index contributed by atoms with van der Waals surface area (Å²) in [4.78, 5) is 26.7. The number of thiazole rings is 1. The van der Waals surface area contributed by atoms with E-state index in [9.17, 15) is 14.9 Å². The maximum absolute atomic E-state index is 12.1. The Balaban J connectivity index is 1.63. The van der Waals surface area contributed by atoms with Gasteiger partial charge in [0.2, 0.25) is 5.91 Å². The highest BCUT2D eigenvalue weighted by atomic mass is 79.9. The number of amides is 1. The quantitative estimate of drug-likeness (QED) is 0.482. The van der Waals surface area contributed by atoms with Gasteiger partial charge in [-0.1, -0.05) is 40.2 Å². The van der Waals surface area contributed by atoms with E-state index in [1.54, 1.807) is 12.1 Å². The number of benzene rings is 2. The topological polar surface area (TPSA) is 85.1 Å². The normalized spacial score (nSPS) is 10.4. The van der Waals surface area contributed by atoms with Crippen LogP contribution in [0.2, 0.25) is 0 Å². The van der Waals surface area contributed by atoms with E-state index in [1.807, 2.05) is 29.6 Å². The molecule has 0 atom stereocenters. The fourth-order valence-electron chi connectivity index (χ4n) is 2.17. The molecule has 8 heteroatoms. The predicted octanol–water partition coefficient (Wildman–Crippen LogP) is 4.66. The lowest BCUT2D eigenvalue weighted by molar-refractivity contribution is -0.384. The minimum atomic E-state index is -0.469. The van der Waals surface area contributed by atoms with Gasteiger partial charge in [-0.25, -0.2) is 4.98 Å². The van der Waals surface area contributed by atoms with Crippen LogP contribution >= 0.6 is 27.3 Å². The van der Waals surface area contributed by atoms with Crippen molar-refractivity contribution in [2.45, 2.75) is 6.42 Å². The summed E-state index contributed by atoms with van der Waals surface area (Å²) in [5.74, 6) is -0.217. The van der Waals surface area contributed by atoms with Crippen molar-refractivity contribution >= 4 is 44.0 Å². The van der Waals surface area contributed by atoms with E-state index in [0.717, 1.165) is 15.7 Å². The molecule has 6 nitrogen and oxygen atoms in total. The average molecular weight is 418 g/mol. The van der Waals surface area contributed by atoms with Crippen LogP contribution in [0.5, 0.6) is 0 Å². The number of halogens is 1. The lowest BCUT2D eigenvalue weighted by Gasteiger charge is -2.02. The van der Waals surface area contributed by atoms with E-state index in [1.165, 1.54) is 23.5 Å². The number of anilines is 1. The molecule has 0 saturated carbocycles. The molecule has 1 amide bonds. The Bertz CT molecular complexity index is 908. The number of rotatable bonds is 5. The number of nitro groups is 1. The summed E-state index contributed by atoms with van der Waals surface area (Å²) in [6.07, 6.45) is 0.130. The minimum Gasteiger partial charge on any atom is -0.302 e. The van der Waals surface area contributed by atoms with Crippen molar-refractivity contribution < 1.29 is 9.72 Å². The zero-order chi connectivity index (χ0) is 17.8. The lowest BCUT2D eigenvalue weighted by atomic mass is 10.1. The maximum atomic E-state index is 12.1. The molecule has 3 rings (SSSR count). The summed E-state index contributed by atoms with van der Waals surface area (Å²) in [6.45, 7) is 0. The van der Waals surface area contributed by atoms with E-state index in [-0.39, 0.29) is 18.0 Å². The number of non-ortho nitro benzene ring substituents is 1. The second-order valence-electron chi connectivity index (χ2n) is 5.19. The van der Waals surface area contributed by atoms with Gasteiger partial charge in [0.05, 0.1) is 17.0 Å². The van der Waals surface area contributed by atoms with Crippen LogP contribution in [0.15, 0.2) is 58.4 Å². The molecule has 1 heterocycles. The number of hydrogen-bond donors (Lipinski definition) is 1. The Hall–Kier alpha value is -2.58. The Labute approximate surface area is 155 Å². The highest BCUT2D eigenvalue weighted by Gasteiger charge is 2.10. The van der Waals surface area contributed by atoms with Crippen molar-refractivity contribution in [2.75, 3.05) is 5.32 Å². The molecular weight excluding hydrogens is 406 g/mol. The van der Waals surface area contributed by atoms with Crippen molar-refractivity contribution in [1.82, 2.24) is 4.98 Å². The summed E-state index contributed by atoms with van der Waals surface area (Å²) in [7, 11) is 0. The molecule has 0 aliphatic rings. The number of aromatic nitrogens is 1. The summed E-state index contributed by atoms with van der Waals surface area (Å²) in [6, 6.07) is 13.7. The molecule has 1 N–H and O–H groups in total. The van der Waals surface area contributed by atoms with Gasteiger partial charge in [0.25, 0.3) is 5.69 Å². The minimum absolute atomic E-state index is 0.00298. The van der Waals surface area contributed by atoms with Crippen molar-refractivity contribution in [3.63, 3.8) is 0 Å². The zero-order valence-corrected chi connectivity index (χ0v) is 15.2. The number of hydrogen-bond acceptors (Lipinski definition) is 5. The number of nitro benzene ring substituents is 1. The van der Waals surface area contributed by atoms with Crippen molar-refractivity contribution in [3.8, 4) is 11.3 Å². The third kappa shape index (κ3) is 4.49. The SMILES string of the molecule is O=C(Cc1ccc([N+](=O)[O-])cc1)Nc1nc(-c2ccc(Br)cc2)cs1. The summed E-state index contributed by atoms with van der Waals surface area (Å²) in [5, 5.41) is 15.8. The van der Waals surface area contributed by atoms with Gasteiger partial charge in [-0.2, -0.15) is 0 Å². The van der Waals surface area contributed by atoms with Crippen LogP contribution in [0.3, 0.4) is 0 Å². The van der Waals surface area contributed by atoms with Gasteiger partial charge in [-0.05, 0) is 17.7 Å². The van der Waals surface area contributed by atoms with E-state index in [4.69, 9.17) is 0 Å². The second kappa shape index (κ2) is 7.54. The number of nitrogens with zero attached hydrogens (tertiary/aromatic N) is 2. The van der Waals surface area contributed by atoms with Gasteiger partial charge in [-0.15, -0.1) is 11.3 Å². The van der Waals surface area contributed by atoms with E-state index in [2.05, 4.69) is 26.2 Å². The highest BCUT2D eigenvalue weighted by molar-refractivity contribution is 9.10. The van der Waals surface area contributed by atoms with Crippen LogP contribution in [0, 0.1) is 10.1 Å². The molecule has 0 aliphatic carbocycles. The van der Waals surface area contributed by atoms with Crippen LogP contribution in [-0.2, 0) is 11.2 Å². The molecular formula is C17H12BrN3O3S. The maximum Gasteiger partial charge on any atom is 0.269 e. The number of carbonyl (C=O) groups is 1. The Morgan fingerprint density at radius 1 is 1.16 bits per heavy atom. The Morgan fingerprint density at radius 3 is 2.48 bits per heavy atom. The Kier molecular flexibility index (Phi) is 5.20. The molecule has 0 radical (unpaired) electrons. The third-order valence-corrected chi connectivity index (χ3v) is 4.69. The molecule has 126 valence electrons. The average Bonchev–Trinajstić information content (AvgIpc) is 3.04. The van der Waals surface area contributed by atoms with Crippen LogP contribution in [-0.4, -0.2) is 15.8 Å². The summed E-state index contributed by atoms with van der Waals surface area (Å²) in [5.41, 5.74) is 2.47. The zero-order valence-electron chi connectivity index (χ0n) is 12.8. The van der Waals surface area contributed by atoms with Crippen LogP contribution in [0.1, 0.15) is 5.56 Å². The first-order valence-corrected chi connectivity index (χ1v) is 8.93. The highest BCUT2D eigenvalue weighted by Crippen LogP contribution is 2.26. The van der Waals surface area contributed by atoms with Crippen LogP contribution in [0.25, 0.3) is 11.3 Å². The monoisotopic (exact) mass is 417 g/mol. The standard InChI is InChI=1S/C17H12BrN3O3S/c18-13-5-3-12(4-6-13)15-10-25-17(19-15)20-16(22)9-11-1-7-14(8-2-11)21(23)24/h1-8,10H,9H2,(H,19,20,22). The van der Waals surface area contributed by atoms with Crippen molar-refractivity contribution in [2.24, 2.45) is 0 Å². The first kappa shape index (κ1) is 17.2. The first-order chi connectivity index (χ1) is 12.0. The van der Waals surface area contributed by atoms with Gasteiger partial charge in [-0.3, -0.25) is 14.9 Å². The molecule has 1 aromatic heterocycles. The van der Waals surface area contributed by atoms with Gasteiger partial charge >= 0.3 is 0 Å². The molecule has 25 heavy (non-hydrogen) atoms. The molecule has 2 aromatic carbocycles. The molecule has 0 saturated heterocycles.